The Morgan fingerprint density at radius 2 is 2.29 bits per heavy atom. The average molecular weight is 382 g/mol. The molecule has 3 aromatic rings. The Morgan fingerprint density at radius 3 is 3.14 bits per heavy atom. The molecule has 0 aromatic carbocycles. The third-order valence-corrected chi connectivity index (χ3v) is 5.29. The lowest BCUT2D eigenvalue weighted by Gasteiger charge is -2.30. The van der Waals surface area contributed by atoms with Gasteiger partial charge >= 0.3 is 0 Å². The number of carbonyl (C=O) groups excluding carboxylic acids is 1. The molecule has 144 valence electrons. The molecule has 1 saturated heterocycles. The highest BCUT2D eigenvalue weighted by atomic mass is 19.1. The largest absolute Gasteiger partial charge is 0.380 e. The first-order valence-corrected chi connectivity index (χ1v) is 9.16. The Bertz CT molecular complexity index is 1080. The highest BCUT2D eigenvalue weighted by Gasteiger charge is 2.32. The van der Waals surface area contributed by atoms with E-state index in [1.165, 1.54) is 0 Å². The molecule has 2 aliphatic rings. The van der Waals surface area contributed by atoms with E-state index in [1.807, 2.05) is 24.4 Å². The zero-order valence-electron chi connectivity index (χ0n) is 15.0. The van der Waals surface area contributed by atoms with Crippen LogP contribution in [-0.4, -0.2) is 45.8 Å². The fourth-order valence-electron chi connectivity index (χ4n) is 3.80. The van der Waals surface area contributed by atoms with Gasteiger partial charge in [0.05, 0.1) is 29.6 Å². The Balaban J connectivity index is 1.66. The lowest BCUT2D eigenvalue weighted by atomic mass is 10.0. The van der Waals surface area contributed by atoms with Gasteiger partial charge in [-0.25, -0.2) is 13.9 Å². The summed E-state index contributed by atoms with van der Waals surface area (Å²) in [5.41, 5.74) is 8.55. The normalized spacial score (nSPS) is 21.6. The van der Waals surface area contributed by atoms with Crippen LogP contribution in [0, 0.1) is 5.82 Å². The number of pyridine rings is 2. The van der Waals surface area contributed by atoms with Gasteiger partial charge in [0.25, 0.3) is 5.91 Å². The number of hydrogen-bond acceptors (Lipinski definition) is 6. The molecule has 0 saturated carbocycles. The van der Waals surface area contributed by atoms with Gasteiger partial charge in [0.1, 0.15) is 0 Å². The van der Waals surface area contributed by atoms with Crippen molar-refractivity contribution < 1.29 is 13.9 Å². The topological polar surface area (TPSA) is 107 Å². The molecule has 2 aliphatic heterocycles. The minimum absolute atomic E-state index is 0.0999. The maximum atomic E-state index is 15.2. The van der Waals surface area contributed by atoms with Crippen molar-refractivity contribution in [3.63, 3.8) is 0 Å². The molecule has 0 bridgehead atoms. The molecule has 1 amide bonds. The number of amides is 1. The number of fused-ring (bicyclic) bond motifs is 2. The van der Waals surface area contributed by atoms with Crippen LogP contribution in [0.25, 0.3) is 16.8 Å². The van der Waals surface area contributed by atoms with Crippen LogP contribution in [0.1, 0.15) is 22.3 Å². The standard InChI is InChI=1S/C19H19FN6O2/c20-16-11-7-22-19(27)15(11)17(10-8-23-26-5-2-1-3-14(10)26)25-18(16)24-13-4-6-28-9-12(13)21/h1-3,5,8,12-13H,4,6-7,9,21H2,(H,22,27)(H,24,25). The van der Waals surface area contributed by atoms with Crippen LogP contribution in [0.15, 0.2) is 30.6 Å². The van der Waals surface area contributed by atoms with Crippen molar-refractivity contribution in [1.82, 2.24) is 19.9 Å². The van der Waals surface area contributed by atoms with Crippen molar-refractivity contribution in [3.8, 4) is 11.3 Å². The number of nitrogens with zero attached hydrogens (tertiary/aromatic N) is 3. The summed E-state index contributed by atoms with van der Waals surface area (Å²) >= 11 is 0. The van der Waals surface area contributed by atoms with E-state index < -0.39 is 5.82 Å². The molecule has 2 atom stereocenters. The maximum Gasteiger partial charge on any atom is 0.254 e. The van der Waals surface area contributed by atoms with Gasteiger partial charge in [-0.1, -0.05) is 6.07 Å². The highest BCUT2D eigenvalue weighted by molar-refractivity contribution is 6.05. The van der Waals surface area contributed by atoms with E-state index in [0.717, 1.165) is 5.52 Å². The number of hydrogen-bond donors (Lipinski definition) is 3. The molecule has 4 N–H and O–H groups in total. The number of ether oxygens (including phenoxy) is 1. The van der Waals surface area contributed by atoms with Crippen LogP contribution < -0.4 is 16.4 Å². The summed E-state index contributed by atoms with van der Waals surface area (Å²) in [6.45, 7) is 1.09. The Labute approximate surface area is 159 Å². The molecule has 2 unspecified atom stereocenters. The molecule has 5 rings (SSSR count). The average Bonchev–Trinajstić information content (AvgIpc) is 3.30. The molecular formula is C19H19FN6O2. The predicted molar refractivity (Wildman–Crippen MR) is 100 cm³/mol. The fourth-order valence-corrected chi connectivity index (χ4v) is 3.80. The van der Waals surface area contributed by atoms with Crippen molar-refractivity contribution in [3.05, 3.63) is 47.5 Å². The molecule has 9 heteroatoms. The SMILES string of the molecule is NC1COCCC1Nc1nc(-c2cnn3ccccc23)c2c(c1F)CNC2=O. The minimum atomic E-state index is -0.521. The molecule has 5 heterocycles. The van der Waals surface area contributed by atoms with Gasteiger partial charge in [0.15, 0.2) is 11.6 Å². The quantitative estimate of drug-likeness (QED) is 0.631. The van der Waals surface area contributed by atoms with Crippen molar-refractivity contribution >= 4 is 17.2 Å². The van der Waals surface area contributed by atoms with Gasteiger partial charge in [-0.15, -0.1) is 0 Å². The summed E-state index contributed by atoms with van der Waals surface area (Å²) in [6.07, 6.45) is 4.11. The maximum absolute atomic E-state index is 15.2. The van der Waals surface area contributed by atoms with E-state index in [-0.39, 0.29) is 35.9 Å². The summed E-state index contributed by atoms with van der Waals surface area (Å²) in [5, 5.41) is 10.2. The number of carbonyl (C=O) groups is 1. The number of rotatable bonds is 3. The lowest BCUT2D eigenvalue weighted by molar-refractivity contribution is 0.0751. The van der Waals surface area contributed by atoms with Crippen molar-refractivity contribution in [2.75, 3.05) is 18.5 Å². The first-order chi connectivity index (χ1) is 13.6. The number of anilines is 1. The first-order valence-electron chi connectivity index (χ1n) is 9.16. The van der Waals surface area contributed by atoms with Crippen LogP contribution in [0.3, 0.4) is 0 Å². The molecule has 0 radical (unpaired) electrons. The van der Waals surface area contributed by atoms with Gasteiger partial charge in [0, 0.05) is 42.6 Å². The molecule has 3 aromatic heterocycles. The van der Waals surface area contributed by atoms with Crippen LogP contribution in [-0.2, 0) is 11.3 Å². The molecular weight excluding hydrogens is 363 g/mol. The molecule has 0 spiro atoms. The lowest BCUT2D eigenvalue weighted by Crippen LogP contribution is -2.48. The molecule has 0 aliphatic carbocycles. The highest BCUT2D eigenvalue weighted by Crippen LogP contribution is 2.35. The molecule has 8 nitrogen and oxygen atoms in total. The van der Waals surface area contributed by atoms with Crippen LogP contribution in [0.4, 0.5) is 10.2 Å². The van der Waals surface area contributed by atoms with E-state index in [0.29, 0.717) is 36.5 Å². The van der Waals surface area contributed by atoms with E-state index >= 15 is 4.39 Å². The molecule has 28 heavy (non-hydrogen) atoms. The molecule has 1 fully saturated rings. The number of nitrogens with one attached hydrogen (secondary N) is 2. The summed E-state index contributed by atoms with van der Waals surface area (Å²) in [7, 11) is 0. The van der Waals surface area contributed by atoms with Gasteiger partial charge in [-0.05, 0) is 18.6 Å². The third kappa shape index (κ3) is 2.62. The number of nitrogens with two attached hydrogens (primary N) is 1. The summed E-state index contributed by atoms with van der Waals surface area (Å²) in [4.78, 5) is 16.9. The number of aromatic nitrogens is 3. The van der Waals surface area contributed by atoms with Crippen molar-refractivity contribution in [2.45, 2.75) is 25.0 Å². The second-order valence-electron chi connectivity index (χ2n) is 7.03. The minimum Gasteiger partial charge on any atom is -0.380 e. The van der Waals surface area contributed by atoms with E-state index in [9.17, 15) is 4.79 Å². The monoisotopic (exact) mass is 382 g/mol. The van der Waals surface area contributed by atoms with Crippen molar-refractivity contribution in [1.29, 1.82) is 0 Å². The third-order valence-electron chi connectivity index (χ3n) is 5.29. The summed E-state index contributed by atoms with van der Waals surface area (Å²) in [6, 6.07) is 5.20. The van der Waals surface area contributed by atoms with Crippen molar-refractivity contribution in [2.24, 2.45) is 5.73 Å². The second kappa shape index (κ2) is 6.54. The zero-order valence-corrected chi connectivity index (χ0v) is 15.0. The van der Waals surface area contributed by atoms with Gasteiger partial charge in [0.2, 0.25) is 0 Å². The van der Waals surface area contributed by atoms with Crippen LogP contribution in [0.2, 0.25) is 0 Å². The van der Waals surface area contributed by atoms with Crippen LogP contribution in [0.5, 0.6) is 0 Å². The van der Waals surface area contributed by atoms with Gasteiger partial charge in [-0.2, -0.15) is 5.10 Å². The second-order valence-corrected chi connectivity index (χ2v) is 7.03. The Hall–Kier alpha value is -3.04. The summed E-state index contributed by atoms with van der Waals surface area (Å²) in [5.74, 6) is -0.754. The van der Waals surface area contributed by atoms with Crippen LogP contribution >= 0.6 is 0 Å². The Kier molecular flexibility index (Phi) is 3.99. The number of halogens is 1. The first kappa shape index (κ1) is 17.1. The van der Waals surface area contributed by atoms with Gasteiger partial charge < -0.3 is 21.1 Å². The summed E-state index contributed by atoms with van der Waals surface area (Å²) < 4.78 is 22.2. The van der Waals surface area contributed by atoms with E-state index in [1.54, 1.807) is 10.7 Å². The predicted octanol–water partition coefficient (Wildman–Crippen LogP) is 1.31. The Morgan fingerprint density at radius 1 is 1.39 bits per heavy atom. The van der Waals surface area contributed by atoms with E-state index in [4.69, 9.17) is 10.5 Å². The van der Waals surface area contributed by atoms with Gasteiger partial charge in [-0.3, -0.25) is 4.79 Å². The zero-order chi connectivity index (χ0) is 19.3. The van der Waals surface area contributed by atoms with E-state index in [2.05, 4.69) is 20.7 Å². The fraction of sp³-hybridized carbons (Fsp3) is 0.316. The smallest absolute Gasteiger partial charge is 0.254 e.